The molecule has 0 unspecified atom stereocenters. The number of rotatable bonds is 5. The number of carbonyl (C=O) groups is 1. The zero-order chi connectivity index (χ0) is 17.6. The number of nitrogens with one attached hydrogen (secondary N) is 2. The number of aromatic nitrogens is 2. The van der Waals surface area contributed by atoms with Gasteiger partial charge in [0.2, 0.25) is 0 Å². The van der Waals surface area contributed by atoms with Crippen LogP contribution in [-0.4, -0.2) is 15.9 Å². The third-order valence-corrected chi connectivity index (χ3v) is 4.12. The minimum Gasteiger partial charge on any atom is -0.366 e. The van der Waals surface area contributed by atoms with E-state index in [2.05, 4.69) is 67.7 Å². The molecule has 6 heteroatoms. The fourth-order valence-corrected chi connectivity index (χ4v) is 2.47. The molecule has 0 spiro atoms. The van der Waals surface area contributed by atoms with Crippen LogP contribution in [0.25, 0.3) is 0 Å². The van der Waals surface area contributed by atoms with Gasteiger partial charge in [0.15, 0.2) is 0 Å². The lowest BCUT2D eigenvalue weighted by atomic mass is 10.1. The second-order valence-electron chi connectivity index (χ2n) is 5.59. The summed E-state index contributed by atoms with van der Waals surface area (Å²) < 4.78 is 0.954. The van der Waals surface area contributed by atoms with Gasteiger partial charge in [-0.1, -0.05) is 45.8 Å². The lowest BCUT2D eigenvalue weighted by molar-refractivity contribution is 0.102. The first kappa shape index (κ1) is 17.1. The first-order chi connectivity index (χ1) is 12.1. The van der Waals surface area contributed by atoms with Crippen LogP contribution in [0.5, 0.6) is 0 Å². The Hall–Kier alpha value is -2.73. The molecule has 2 aromatic carbocycles. The van der Waals surface area contributed by atoms with Crippen molar-refractivity contribution in [1.82, 2.24) is 9.97 Å². The maximum atomic E-state index is 12.3. The normalized spacial score (nSPS) is 10.3. The van der Waals surface area contributed by atoms with Crippen LogP contribution in [0.1, 0.15) is 21.6 Å². The van der Waals surface area contributed by atoms with E-state index in [1.807, 2.05) is 24.3 Å². The molecule has 0 saturated heterocycles. The number of benzene rings is 2. The lowest BCUT2D eigenvalue weighted by Gasteiger charge is -2.08. The van der Waals surface area contributed by atoms with Crippen molar-refractivity contribution in [3.05, 3.63) is 82.2 Å². The number of hydrogen-bond acceptors (Lipinski definition) is 4. The molecule has 0 radical (unpaired) electrons. The van der Waals surface area contributed by atoms with Gasteiger partial charge in [-0.15, -0.1) is 0 Å². The molecule has 2 N–H and O–H groups in total. The van der Waals surface area contributed by atoms with Gasteiger partial charge in [-0.2, -0.15) is 0 Å². The summed E-state index contributed by atoms with van der Waals surface area (Å²) >= 11 is 3.36. The van der Waals surface area contributed by atoms with Crippen molar-refractivity contribution in [1.29, 1.82) is 0 Å². The standard InChI is InChI=1S/C19H17BrN4O/c1-13-2-4-14(5-3-13)11-21-18-10-17(22-12-23-18)19(25)24-16-8-6-15(20)7-9-16/h2-10,12H,11H2,1H3,(H,24,25)(H,21,22,23). The Balaban J connectivity index is 1.64. The molecule has 0 fully saturated rings. The minimum absolute atomic E-state index is 0.275. The maximum absolute atomic E-state index is 12.3. The molecule has 3 aromatic rings. The molecular formula is C19H17BrN4O. The quantitative estimate of drug-likeness (QED) is 0.669. The average Bonchev–Trinajstić information content (AvgIpc) is 2.63. The summed E-state index contributed by atoms with van der Waals surface area (Å²) in [5.74, 6) is 0.333. The number of hydrogen-bond donors (Lipinski definition) is 2. The summed E-state index contributed by atoms with van der Waals surface area (Å²) in [6.45, 7) is 2.68. The summed E-state index contributed by atoms with van der Waals surface area (Å²) in [6.07, 6.45) is 1.38. The van der Waals surface area contributed by atoms with E-state index in [4.69, 9.17) is 0 Å². The Labute approximate surface area is 154 Å². The third-order valence-electron chi connectivity index (χ3n) is 3.60. The van der Waals surface area contributed by atoms with Crippen LogP contribution < -0.4 is 10.6 Å². The Morgan fingerprint density at radius 1 is 1.04 bits per heavy atom. The molecular weight excluding hydrogens is 380 g/mol. The van der Waals surface area contributed by atoms with Crippen molar-refractivity contribution >= 4 is 33.3 Å². The van der Waals surface area contributed by atoms with Gasteiger partial charge >= 0.3 is 0 Å². The highest BCUT2D eigenvalue weighted by Crippen LogP contribution is 2.15. The SMILES string of the molecule is Cc1ccc(CNc2cc(C(=O)Nc3ccc(Br)cc3)ncn2)cc1. The summed E-state index contributed by atoms with van der Waals surface area (Å²) in [5.41, 5.74) is 3.38. The summed E-state index contributed by atoms with van der Waals surface area (Å²) in [5, 5.41) is 6.02. The van der Waals surface area contributed by atoms with Gasteiger partial charge in [-0.05, 0) is 36.8 Å². The minimum atomic E-state index is -0.275. The summed E-state index contributed by atoms with van der Waals surface area (Å²) in [7, 11) is 0. The van der Waals surface area contributed by atoms with E-state index in [1.54, 1.807) is 6.07 Å². The summed E-state index contributed by atoms with van der Waals surface area (Å²) in [6, 6.07) is 17.3. The van der Waals surface area contributed by atoms with E-state index >= 15 is 0 Å². The highest BCUT2D eigenvalue weighted by atomic mass is 79.9. The zero-order valence-electron chi connectivity index (χ0n) is 13.7. The second-order valence-corrected chi connectivity index (χ2v) is 6.50. The van der Waals surface area contributed by atoms with Gasteiger partial charge in [0.25, 0.3) is 5.91 Å². The lowest BCUT2D eigenvalue weighted by Crippen LogP contribution is -2.14. The van der Waals surface area contributed by atoms with Crippen molar-refractivity contribution in [2.75, 3.05) is 10.6 Å². The van der Waals surface area contributed by atoms with Gasteiger partial charge in [0.1, 0.15) is 17.8 Å². The Kier molecular flexibility index (Phi) is 5.40. The monoisotopic (exact) mass is 396 g/mol. The van der Waals surface area contributed by atoms with Gasteiger partial charge < -0.3 is 10.6 Å². The third kappa shape index (κ3) is 4.87. The Bertz CT molecular complexity index is 863. The largest absolute Gasteiger partial charge is 0.366 e. The first-order valence-corrected chi connectivity index (χ1v) is 8.58. The first-order valence-electron chi connectivity index (χ1n) is 7.78. The van der Waals surface area contributed by atoms with Crippen molar-refractivity contribution < 1.29 is 4.79 Å². The molecule has 0 aliphatic rings. The second kappa shape index (κ2) is 7.90. The molecule has 1 amide bonds. The van der Waals surface area contributed by atoms with E-state index in [9.17, 15) is 4.79 Å². The predicted octanol–water partition coefficient (Wildman–Crippen LogP) is 4.41. The zero-order valence-corrected chi connectivity index (χ0v) is 15.2. The van der Waals surface area contributed by atoms with Gasteiger partial charge in [0, 0.05) is 22.8 Å². The van der Waals surface area contributed by atoms with Crippen LogP contribution in [0.4, 0.5) is 11.5 Å². The number of anilines is 2. The fraction of sp³-hybridized carbons (Fsp3) is 0.105. The van der Waals surface area contributed by atoms with Crippen molar-refractivity contribution in [3.8, 4) is 0 Å². The molecule has 0 bridgehead atoms. The summed E-state index contributed by atoms with van der Waals surface area (Å²) in [4.78, 5) is 20.5. The Morgan fingerprint density at radius 3 is 2.48 bits per heavy atom. The molecule has 0 aliphatic heterocycles. The van der Waals surface area contributed by atoms with Crippen LogP contribution in [0.15, 0.2) is 65.4 Å². The molecule has 3 rings (SSSR count). The van der Waals surface area contributed by atoms with E-state index < -0.39 is 0 Å². The molecule has 0 atom stereocenters. The number of aryl methyl sites for hydroxylation is 1. The smallest absolute Gasteiger partial charge is 0.274 e. The van der Waals surface area contributed by atoms with Crippen molar-refractivity contribution in [2.45, 2.75) is 13.5 Å². The van der Waals surface area contributed by atoms with Crippen LogP contribution >= 0.6 is 15.9 Å². The molecule has 126 valence electrons. The van der Waals surface area contributed by atoms with E-state index in [1.165, 1.54) is 11.9 Å². The van der Waals surface area contributed by atoms with E-state index in [-0.39, 0.29) is 5.91 Å². The molecule has 0 saturated carbocycles. The number of nitrogens with zero attached hydrogens (tertiary/aromatic N) is 2. The molecule has 0 aliphatic carbocycles. The van der Waals surface area contributed by atoms with Crippen LogP contribution in [0, 0.1) is 6.92 Å². The number of halogens is 1. The van der Waals surface area contributed by atoms with Gasteiger partial charge in [-0.3, -0.25) is 4.79 Å². The fourth-order valence-electron chi connectivity index (χ4n) is 2.21. The molecule has 1 heterocycles. The van der Waals surface area contributed by atoms with Gasteiger partial charge in [0.05, 0.1) is 0 Å². The van der Waals surface area contributed by atoms with E-state index in [0.717, 1.165) is 10.0 Å². The van der Waals surface area contributed by atoms with E-state index in [0.29, 0.717) is 23.7 Å². The number of carbonyl (C=O) groups excluding carboxylic acids is 1. The molecule has 25 heavy (non-hydrogen) atoms. The highest BCUT2D eigenvalue weighted by Gasteiger charge is 2.09. The van der Waals surface area contributed by atoms with Crippen LogP contribution in [-0.2, 0) is 6.54 Å². The van der Waals surface area contributed by atoms with Crippen LogP contribution in [0.2, 0.25) is 0 Å². The average molecular weight is 397 g/mol. The predicted molar refractivity (Wildman–Crippen MR) is 103 cm³/mol. The topological polar surface area (TPSA) is 66.9 Å². The maximum Gasteiger partial charge on any atom is 0.274 e. The highest BCUT2D eigenvalue weighted by molar-refractivity contribution is 9.10. The van der Waals surface area contributed by atoms with Crippen molar-refractivity contribution in [3.63, 3.8) is 0 Å². The molecule has 1 aromatic heterocycles. The Morgan fingerprint density at radius 2 is 1.76 bits per heavy atom. The number of amides is 1. The molecule has 5 nitrogen and oxygen atoms in total. The van der Waals surface area contributed by atoms with Gasteiger partial charge in [-0.25, -0.2) is 9.97 Å². The van der Waals surface area contributed by atoms with Crippen LogP contribution in [0.3, 0.4) is 0 Å². The van der Waals surface area contributed by atoms with Crippen molar-refractivity contribution in [2.24, 2.45) is 0 Å².